The first-order chi connectivity index (χ1) is 11.2. The number of amides is 2. The molecule has 0 spiro atoms. The van der Waals surface area contributed by atoms with E-state index < -0.39 is 36.0 Å². The Morgan fingerprint density at radius 2 is 1.96 bits per heavy atom. The van der Waals surface area contributed by atoms with Crippen LogP contribution in [-0.4, -0.2) is 61.0 Å². The Morgan fingerprint density at radius 3 is 2.50 bits per heavy atom. The van der Waals surface area contributed by atoms with E-state index >= 15 is 0 Å². The Labute approximate surface area is 139 Å². The highest BCUT2D eigenvalue weighted by molar-refractivity contribution is 5.87. The van der Waals surface area contributed by atoms with Gasteiger partial charge in [-0.15, -0.1) is 0 Å². The number of carboxylic acid groups (broad SMARTS) is 1. The summed E-state index contributed by atoms with van der Waals surface area (Å²) in [5.41, 5.74) is 7.28. The van der Waals surface area contributed by atoms with Crippen molar-refractivity contribution >= 4 is 18.0 Å². The summed E-state index contributed by atoms with van der Waals surface area (Å²) in [6.07, 6.45) is -1.35. The zero-order valence-electron chi connectivity index (χ0n) is 13.9. The van der Waals surface area contributed by atoms with Crippen LogP contribution in [0.5, 0.6) is 0 Å². The van der Waals surface area contributed by atoms with Crippen molar-refractivity contribution in [2.75, 3.05) is 26.3 Å². The van der Waals surface area contributed by atoms with E-state index in [9.17, 15) is 14.4 Å². The smallest absolute Gasteiger partial charge is 0.408 e. The lowest BCUT2D eigenvalue weighted by atomic mass is 10.2. The molecule has 0 saturated carbocycles. The van der Waals surface area contributed by atoms with Crippen molar-refractivity contribution in [1.29, 1.82) is 0 Å². The van der Waals surface area contributed by atoms with Gasteiger partial charge in [0.1, 0.15) is 11.6 Å². The zero-order valence-corrected chi connectivity index (χ0v) is 13.9. The molecule has 1 atom stereocenters. The van der Waals surface area contributed by atoms with Crippen LogP contribution in [0.3, 0.4) is 0 Å². The number of carboxylic acids is 1. The molecule has 0 fully saturated rings. The summed E-state index contributed by atoms with van der Waals surface area (Å²) in [5.74, 6) is -1.90. The van der Waals surface area contributed by atoms with Crippen LogP contribution in [-0.2, 0) is 19.1 Å². The van der Waals surface area contributed by atoms with Gasteiger partial charge in [0.25, 0.3) is 0 Å². The van der Waals surface area contributed by atoms with Crippen molar-refractivity contribution in [2.45, 2.75) is 38.8 Å². The molecule has 2 amide bonds. The van der Waals surface area contributed by atoms with E-state index in [4.69, 9.17) is 20.1 Å². The van der Waals surface area contributed by atoms with E-state index in [2.05, 4.69) is 20.7 Å². The van der Waals surface area contributed by atoms with E-state index in [0.29, 0.717) is 0 Å². The van der Waals surface area contributed by atoms with Crippen LogP contribution in [0.1, 0.15) is 27.2 Å². The second-order valence-corrected chi connectivity index (χ2v) is 5.66. The lowest BCUT2D eigenvalue weighted by Gasteiger charge is -2.21. The molecule has 0 aromatic rings. The van der Waals surface area contributed by atoms with Crippen LogP contribution in [0.25, 0.3) is 10.4 Å². The molecule has 0 heterocycles. The fraction of sp³-hybridized carbons (Fsp3) is 0.769. The van der Waals surface area contributed by atoms with Crippen molar-refractivity contribution in [3.63, 3.8) is 0 Å². The van der Waals surface area contributed by atoms with E-state index in [0.717, 1.165) is 0 Å². The number of hydrogen-bond donors (Lipinski definition) is 3. The monoisotopic (exact) mass is 345 g/mol. The Kier molecular flexibility index (Phi) is 9.92. The van der Waals surface area contributed by atoms with Gasteiger partial charge in [-0.05, 0) is 26.3 Å². The van der Waals surface area contributed by atoms with Gasteiger partial charge >= 0.3 is 12.1 Å². The van der Waals surface area contributed by atoms with Gasteiger partial charge in [-0.1, -0.05) is 5.11 Å². The Balaban J connectivity index is 4.13. The van der Waals surface area contributed by atoms with E-state index in [1.807, 2.05) is 0 Å². The van der Waals surface area contributed by atoms with Crippen molar-refractivity contribution in [3.8, 4) is 0 Å². The maximum atomic E-state index is 11.7. The summed E-state index contributed by atoms with van der Waals surface area (Å²) in [6.45, 7) is 5.66. The normalized spacial score (nSPS) is 11.8. The summed E-state index contributed by atoms with van der Waals surface area (Å²) in [5, 5.41) is 16.9. The van der Waals surface area contributed by atoms with Crippen LogP contribution in [0.2, 0.25) is 0 Å². The number of nitrogens with one attached hydrogen (secondary N) is 2. The molecular formula is C13H23N5O6. The van der Waals surface area contributed by atoms with Crippen LogP contribution in [0.15, 0.2) is 5.11 Å². The minimum absolute atomic E-state index is 0.161. The first kappa shape index (κ1) is 21.5. The zero-order chi connectivity index (χ0) is 18.6. The van der Waals surface area contributed by atoms with Gasteiger partial charge in [0.05, 0.1) is 19.6 Å². The molecule has 0 radical (unpaired) electrons. The van der Waals surface area contributed by atoms with E-state index in [-0.39, 0.29) is 26.3 Å². The number of carbonyl (C=O) groups excluding carboxylic acids is 2. The van der Waals surface area contributed by atoms with E-state index in [1.165, 1.54) is 0 Å². The first-order valence-electron chi connectivity index (χ1n) is 7.23. The molecule has 136 valence electrons. The SMILES string of the molecule is CC(C)(C)OC(=O)N[C@@H](CC(=O)NCCOCCN=[N+]=[N-])C(=O)O. The Morgan fingerprint density at radius 1 is 1.29 bits per heavy atom. The molecule has 0 aliphatic carbocycles. The topological polar surface area (TPSA) is 163 Å². The molecule has 11 heteroatoms. The number of nitrogens with zero attached hydrogens (tertiary/aromatic N) is 3. The second-order valence-electron chi connectivity index (χ2n) is 5.66. The number of aliphatic carboxylic acids is 1. The first-order valence-corrected chi connectivity index (χ1v) is 7.23. The molecule has 0 saturated heterocycles. The van der Waals surface area contributed by atoms with Crippen LogP contribution in [0, 0.1) is 0 Å². The highest BCUT2D eigenvalue weighted by Gasteiger charge is 2.26. The molecule has 0 aromatic heterocycles. The number of alkyl carbamates (subject to hydrolysis) is 1. The van der Waals surface area contributed by atoms with E-state index in [1.54, 1.807) is 20.8 Å². The van der Waals surface area contributed by atoms with Crippen molar-refractivity contribution in [3.05, 3.63) is 10.4 Å². The molecule has 0 unspecified atom stereocenters. The standard InChI is InChI=1S/C13H23N5O6/c1-13(2,3)24-12(22)17-9(11(20)21)8-10(19)15-4-6-23-7-5-16-18-14/h9H,4-8H2,1-3H3,(H,15,19)(H,17,22)(H,20,21)/t9-/m0/s1. The molecule has 3 N–H and O–H groups in total. The average molecular weight is 345 g/mol. The minimum atomic E-state index is -1.40. The van der Waals surface area contributed by atoms with Crippen LogP contribution < -0.4 is 10.6 Å². The molecule has 0 aromatic carbocycles. The summed E-state index contributed by atoms with van der Waals surface area (Å²) in [7, 11) is 0. The van der Waals surface area contributed by atoms with Crippen molar-refractivity contribution in [1.82, 2.24) is 10.6 Å². The number of carbonyl (C=O) groups is 3. The summed E-state index contributed by atoms with van der Waals surface area (Å²) in [6, 6.07) is -1.40. The highest BCUT2D eigenvalue weighted by atomic mass is 16.6. The summed E-state index contributed by atoms with van der Waals surface area (Å²) < 4.78 is 10.0. The number of rotatable bonds is 10. The molecule has 0 bridgehead atoms. The van der Waals surface area contributed by atoms with Gasteiger partial charge in [0.15, 0.2) is 0 Å². The third kappa shape index (κ3) is 12.1. The van der Waals surface area contributed by atoms with Crippen molar-refractivity contribution < 1.29 is 29.0 Å². The molecule has 24 heavy (non-hydrogen) atoms. The van der Waals surface area contributed by atoms with Gasteiger partial charge < -0.3 is 25.2 Å². The molecule has 0 aliphatic heterocycles. The molecular weight excluding hydrogens is 322 g/mol. The van der Waals surface area contributed by atoms with Gasteiger partial charge in [-0.25, -0.2) is 9.59 Å². The largest absolute Gasteiger partial charge is 0.480 e. The van der Waals surface area contributed by atoms with Gasteiger partial charge in [-0.3, -0.25) is 4.79 Å². The van der Waals surface area contributed by atoms with Crippen LogP contribution in [0.4, 0.5) is 4.79 Å². The predicted molar refractivity (Wildman–Crippen MR) is 83.3 cm³/mol. The average Bonchev–Trinajstić information content (AvgIpc) is 2.43. The Hall–Kier alpha value is -2.52. The van der Waals surface area contributed by atoms with Crippen molar-refractivity contribution in [2.24, 2.45) is 5.11 Å². The number of hydrogen-bond acceptors (Lipinski definition) is 6. The van der Waals surface area contributed by atoms with Crippen LogP contribution >= 0.6 is 0 Å². The van der Waals surface area contributed by atoms with Gasteiger partial charge in [0, 0.05) is 18.0 Å². The summed E-state index contributed by atoms with van der Waals surface area (Å²) in [4.78, 5) is 36.9. The predicted octanol–water partition coefficient (Wildman–Crippen LogP) is 0.798. The second kappa shape index (κ2) is 11.1. The third-order valence-electron chi connectivity index (χ3n) is 2.35. The van der Waals surface area contributed by atoms with Gasteiger partial charge in [0.2, 0.25) is 5.91 Å². The minimum Gasteiger partial charge on any atom is -0.480 e. The fourth-order valence-corrected chi connectivity index (χ4v) is 1.42. The lowest BCUT2D eigenvalue weighted by Crippen LogP contribution is -2.46. The maximum absolute atomic E-state index is 11.7. The third-order valence-corrected chi connectivity index (χ3v) is 2.35. The molecule has 0 aliphatic rings. The number of azide groups is 1. The quantitative estimate of drug-likeness (QED) is 0.229. The fourth-order valence-electron chi connectivity index (χ4n) is 1.42. The van der Waals surface area contributed by atoms with Gasteiger partial charge in [-0.2, -0.15) is 0 Å². The number of ether oxygens (including phenoxy) is 2. The molecule has 11 nitrogen and oxygen atoms in total. The highest BCUT2D eigenvalue weighted by Crippen LogP contribution is 2.07. The Bertz CT molecular complexity index is 484. The summed E-state index contributed by atoms with van der Waals surface area (Å²) >= 11 is 0. The maximum Gasteiger partial charge on any atom is 0.408 e. The molecule has 0 rings (SSSR count). The lowest BCUT2D eigenvalue weighted by molar-refractivity contribution is -0.141.